The molecule has 0 amide bonds. The number of aryl methyl sites for hydroxylation is 1. The van der Waals surface area contributed by atoms with Gasteiger partial charge in [0.05, 0.1) is 6.54 Å². The highest BCUT2D eigenvalue weighted by atomic mass is 16.5. The first-order valence-corrected chi connectivity index (χ1v) is 7.77. The SMILES string of the molecule is CCCNCc1cc(CN(C)C2CCOCC2)c(C)o1. The lowest BCUT2D eigenvalue weighted by Crippen LogP contribution is -2.36. The second-order valence-electron chi connectivity index (χ2n) is 5.73. The first-order valence-electron chi connectivity index (χ1n) is 7.77. The van der Waals surface area contributed by atoms with E-state index >= 15 is 0 Å². The Balaban J connectivity index is 1.87. The molecule has 0 unspecified atom stereocenters. The van der Waals surface area contributed by atoms with Crippen molar-refractivity contribution in [2.45, 2.75) is 52.2 Å². The molecule has 4 heteroatoms. The number of ether oxygens (including phenoxy) is 1. The van der Waals surface area contributed by atoms with Crippen LogP contribution in [0.5, 0.6) is 0 Å². The van der Waals surface area contributed by atoms with Crippen LogP contribution in [0, 0.1) is 6.92 Å². The van der Waals surface area contributed by atoms with Crippen molar-refractivity contribution in [2.75, 3.05) is 26.8 Å². The summed E-state index contributed by atoms with van der Waals surface area (Å²) >= 11 is 0. The summed E-state index contributed by atoms with van der Waals surface area (Å²) in [6, 6.07) is 2.84. The van der Waals surface area contributed by atoms with Gasteiger partial charge in [-0.3, -0.25) is 4.90 Å². The zero-order chi connectivity index (χ0) is 14.4. The van der Waals surface area contributed by atoms with Gasteiger partial charge in [0.2, 0.25) is 0 Å². The molecule has 1 aromatic rings. The van der Waals surface area contributed by atoms with Crippen LogP contribution in [0.3, 0.4) is 0 Å². The zero-order valence-electron chi connectivity index (χ0n) is 13.1. The second-order valence-corrected chi connectivity index (χ2v) is 5.73. The molecule has 4 nitrogen and oxygen atoms in total. The van der Waals surface area contributed by atoms with Crippen molar-refractivity contribution in [1.82, 2.24) is 10.2 Å². The average Bonchev–Trinajstić information content (AvgIpc) is 2.80. The topological polar surface area (TPSA) is 37.6 Å². The van der Waals surface area contributed by atoms with Crippen molar-refractivity contribution in [3.63, 3.8) is 0 Å². The van der Waals surface area contributed by atoms with Crippen molar-refractivity contribution < 1.29 is 9.15 Å². The Labute approximate surface area is 122 Å². The van der Waals surface area contributed by atoms with Gasteiger partial charge in [-0.05, 0) is 45.8 Å². The number of nitrogens with zero attached hydrogens (tertiary/aromatic N) is 1. The van der Waals surface area contributed by atoms with Crippen LogP contribution >= 0.6 is 0 Å². The number of rotatable bonds is 7. The molecule has 0 radical (unpaired) electrons. The molecule has 0 atom stereocenters. The standard InChI is InChI=1S/C16H28N2O2/c1-4-7-17-11-16-10-14(13(2)20-16)12-18(3)15-5-8-19-9-6-15/h10,15,17H,4-9,11-12H2,1-3H3. The lowest BCUT2D eigenvalue weighted by atomic mass is 10.1. The van der Waals surface area contributed by atoms with Gasteiger partial charge in [0.15, 0.2) is 0 Å². The molecule has 1 N–H and O–H groups in total. The van der Waals surface area contributed by atoms with Crippen LogP contribution in [0.4, 0.5) is 0 Å². The highest BCUT2D eigenvalue weighted by Crippen LogP contribution is 2.20. The molecule has 2 rings (SSSR count). The molecule has 114 valence electrons. The molecule has 1 aliphatic rings. The van der Waals surface area contributed by atoms with Crippen molar-refractivity contribution in [3.05, 3.63) is 23.2 Å². The van der Waals surface area contributed by atoms with Crippen LogP contribution < -0.4 is 5.32 Å². The van der Waals surface area contributed by atoms with E-state index in [0.717, 1.165) is 63.6 Å². The average molecular weight is 280 g/mol. The van der Waals surface area contributed by atoms with Gasteiger partial charge in [-0.15, -0.1) is 0 Å². The van der Waals surface area contributed by atoms with Gasteiger partial charge in [0, 0.05) is 31.4 Å². The zero-order valence-corrected chi connectivity index (χ0v) is 13.1. The van der Waals surface area contributed by atoms with E-state index in [-0.39, 0.29) is 0 Å². The summed E-state index contributed by atoms with van der Waals surface area (Å²) in [5, 5.41) is 3.38. The molecule has 1 saturated heterocycles. The lowest BCUT2D eigenvalue weighted by Gasteiger charge is -2.30. The van der Waals surface area contributed by atoms with Crippen molar-refractivity contribution in [2.24, 2.45) is 0 Å². The number of nitrogens with one attached hydrogen (secondary N) is 1. The van der Waals surface area contributed by atoms with Gasteiger partial charge in [-0.2, -0.15) is 0 Å². The Kier molecular flexibility index (Phi) is 6.07. The van der Waals surface area contributed by atoms with Gasteiger partial charge in [0.1, 0.15) is 11.5 Å². The third-order valence-electron chi connectivity index (χ3n) is 4.03. The minimum absolute atomic E-state index is 0.639. The number of hydrogen-bond donors (Lipinski definition) is 1. The normalized spacial score (nSPS) is 17.0. The smallest absolute Gasteiger partial charge is 0.118 e. The summed E-state index contributed by atoms with van der Waals surface area (Å²) in [4.78, 5) is 2.43. The van der Waals surface area contributed by atoms with Gasteiger partial charge in [-0.1, -0.05) is 6.92 Å². The van der Waals surface area contributed by atoms with E-state index in [4.69, 9.17) is 9.15 Å². The van der Waals surface area contributed by atoms with E-state index in [1.165, 1.54) is 5.56 Å². The molecule has 1 aromatic heterocycles. The monoisotopic (exact) mass is 280 g/mol. The molecule has 1 aliphatic heterocycles. The summed E-state index contributed by atoms with van der Waals surface area (Å²) in [5.74, 6) is 2.10. The largest absolute Gasteiger partial charge is 0.465 e. The molecule has 1 fully saturated rings. The highest BCUT2D eigenvalue weighted by molar-refractivity contribution is 5.20. The molecule has 0 saturated carbocycles. The van der Waals surface area contributed by atoms with Gasteiger partial charge in [-0.25, -0.2) is 0 Å². The van der Waals surface area contributed by atoms with Crippen LogP contribution in [-0.2, 0) is 17.8 Å². The predicted octanol–water partition coefficient (Wildman–Crippen LogP) is 2.70. The Morgan fingerprint density at radius 3 is 2.80 bits per heavy atom. The summed E-state index contributed by atoms with van der Waals surface area (Å²) in [5.41, 5.74) is 1.31. The van der Waals surface area contributed by atoms with Crippen molar-refractivity contribution in [1.29, 1.82) is 0 Å². The third kappa shape index (κ3) is 4.33. The summed E-state index contributed by atoms with van der Waals surface area (Å²) < 4.78 is 11.3. The molecule has 0 bridgehead atoms. The van der Waals surface area contributed by atoms with Crippen LogP contribution in [0.25, 0.3) is 0 Å². The van der Waals surface area contributed by atoms with Gasteiger partial charge in [0.25, 0.3) is 0 Å². The minimum Gasteiger partial charge on any atom is -0.465 e. The molecule has 2 heterocycles. The van der Waals surface area contributed by atoms with Gasteiger partial charge >= 0.3 is 0 Å². The Bertz CT molecular complexity index is 397. The Morgan fingerprint density at radius 1 is 1.35 bits per heavy atom. The van der Waals surface area contributed by atoms with Crippen molar-refractivity contribution >= 4 is 0 Å². The molecule has 20 heavy (non-hydrogen) atoms. The maximum Gasteiger partial charge on any atom is 0.118 e. The van der Waals surface area contributed by atoms with Crippen LogP contribution in [0.15, 0.2) is 10.5 Å². The van der Waals surface area contributed by atoms with Crippen LogP contribution in [0.1, 0.15) is 43.3 Å². The fraction of sp³-hybridized carbons (Fsp3) is 0.750. The quantitative estimate of drug-likeness (QED) is 0.779. The Morgan fingerprint density at radius 2 is 2.10 bits per heavy atom. The third-order valence-corrected chi connectivity index (χ3v) is 4.03. The van der Waals surface area contributed by atoms with E-state index < -0.39 is 0 Å². The predicted molar refractivity (Wildman–Crippen MR) is 80.8 cm³/mol. The molecule has 0 aromatic carbocycles. The van der Waals surface area contributed by atoms with Gasteiger partial charge < -0.3 is 14.5 Å². The fourth-order valence-corrected chi connectivity index (χ4v) is 2.74. The van der Waals surface area contributed by atoms with E-state index in [2.05, 4.69) is 37.2 Å². The number of furan rings is 1. The van der Waals surface area contributed by atoms with E-state index in [0.29, 0.717) is 6.04 Å². The maximum absolute atomic E-state index is 5.84. The number of hydrogen-bond acceptors (Lipinski definition) is 4. The van der Waals surface area contributed by atoms with E-state index in [1.807, 2.05) is 0 Å². The molecular formula is C16H28N2O2. The lowest BCUT2D eigenvalue weighted by molar-refractivity contribution is 0.0406. The Hall–Kier alpha value is -0.840. The van der Waals surface area contributed by atoms with Crippen LogP contribution in [-0.4, -0.2) is 37.7 Å². The summed E-state index contributed by atoms with van der Waals surface area (Å²) in [7, 11) is 2.21. The van der Waals surface area contributed by atoms with Crippen LogP contribution in [0.2, 0.25) is 0 Å². The molecule has 0 spiro atoms. The molecular weight excluding hydrogens is 252 g/mol. The summed E-state index contributed by atoms with van der Waals surface area (Å²) in [6.07, 6.45) is 3.43. The van der Waals surface area contributed by atoms with E-state index in [9.17, 15) is 0 Å². The molecule has 0 aliphatic carbocycles. The van der Waals surface area contributed by atoms with Crippen molar-refractivity contribution in [3.8, 4) is 0 Å². The maximum atomic E-state index is 5.84. The first kappa shape index (κ1) is 15.5. The van der Waals surface area contributed by atoms with E-state index in [1.54, 1.807) is 0 Å². The second kappa shape index (κ2) is 7.81. The summed E-state index contributed by atoms with van der Waals surface area (Å²) in [6.45, 7) is 8.86. The fourth-order valence-electron chi connectivity index (χ4n) is 2.74. The highest BCUT2D eigenvalue weighted by Gasteiger charge is 2.19. The minimum atomic E-state index is 0.639. The first-order chi connectivity index (χ1) is 9.70.